The average Bonchev–Trinajstić information content (AvgIpc) is 2.77. The van der Waals surface area contributed by atoms with Crippen LogP contribution < -0.4 is 5.73 Å². The molecule has 2 nitrogen and oxygen atoms in total. The normalized spacial score (nSPS) is 12.7. The van der Waals surface area contributed by atoms with Crippen molar-refractivity contribution in [2.45, 2.75) is 6.42 Å². The Kier molecular flexibility index (Phi) is 1.66. The standard InChI is InChI=1S/C14H10N2S/c15-11-5-2-4-9-10(11)7-8-3-1-6-12-13(8)14(9)16-17-12/h1-6H,7,15H2. The molecule has 0 spiro atoms. The molecule has 17 heavy (non-hydrogen) atoms. The molecule has 1 aromatic heterocycles. The monoisotopic (exact) mass is 238 g/mol. The lowest BCUT2D eigenvalue weighted by molar-refractivity contribution is 1.20. The van der Waals surface area contributed by atoms with Crippen LogP contribution in [0.5, 0.6) is 0 Å². The van der Waals surface area contributed by atoms with Crippen LogP contribution >= 0.6 is 11.5 Å². The lowest BCUT2D eigenvalue weighted by atomic mass is 9.88. The smallest absolute Gasteiger partial charge is 0.0925 e. The Morgan fingerprint density at radius 1 is 1.12 bits per heavy atom. The van der Waals surface area contributed by atoms with Gasteiger partial charge in [-0.15, -0.1) is 0 Å². The minimum absolute atomic E-state index is 0.873. The van der Waals surface area contributed by atoms with Crippen LogP contribution in [0.1, 0.15) is 11.1 Å². The molecule has 0 aliphatic heterocycles. The second-order valence-electron chi connectivity index (χ2n) is 4.37. The summed E-state index contributed by atoms with van der Waals surface area (Å²) in [7, 11) is 0. The molecule has 1 aliphatic carbocycles. The van der Waals surface area contributed by atoms with Crippen molar-refractivity contribution in [3.8, 4) is 11.3 Å². The molecule has 0 saturated carbocycles. The molecule has 3 aromatic rings. The molecule has 0 bridgehead atoms. The number of hydrogen-bond acceptors (Lipinski definition) is 3. The first-order chi connectivity index (χ1) is 8.34. The third kappa shape index (κ3) is 1.12. The zero-order valence-corrected chi connectivity index (χ0v) is 9.92. The molecule has 0 fully saturated rings. The SMILES string of the molecule is Nc1cccc2c1Cc1cccc3snc-2c13. The number of nitrogen functional groups attached to an aromatic ring is 1. The van der Waals surface area contributed by atoms with Crippen molar-refractivity contribution in [1.29, 1.82) is 0 Å². The van der Waals surface area contributed by atoms with Gasteiger partial charge in [-0.05, 0) is 34.8 Å². The maximum Gasteiger partial charge on any atom is 0.0925 e. The van der Waals surface area contributed by atoms with Gasteiger partial charge in [0.15, 0.2) is 0 Å². The number of hydrogen-bond donors (Lipinski definition) is 1. The van der Waals surface area contributed by atoms with E-state index in [1.54, 1.807) is 11.5 Å². The topological polar surface area (TPSA) is 38.9 Å². The molecule has 2 aromatic carbocycles. The summed E-state index contributed by atoms with van der Waals surface area (Å²) in [6.45, 7) is 0. The summed E-state index contributed by atoms with van der Waals surface area (Å²) in [5.41, 5.74) is 11.8. The average molecular weight is 238 g/mol. The Labute approximate surface area is 103 Å². The highest BCUT2D eigenvalue weighted by molar-refractivity contribution is 7.13. The molecule has 2 N–H and O–H groups in total. The van der Waals surface area contributed by atoms with E-state index in [9.17, 15) is 0 Å². The number of benzene rings is 2. The minimum atomic E-state index is 0.873. The van der Waals surface area contributed by atoms with Gasteiger partial charge in [-0.3, -0.25) is 0 Å². The molecule has 0 amide bonds. The van der Waals surface area contributed by atoms with Crippen molar-refractivity contribution in [2.75, 3.05) is 5.73 Å². The van der Waals surface area contributed by atoms with Crippen LogP contribution in [0.25, 0.3) is 21.3 Å². The molecular formula is C14H10N2S. The second-order valence-corrected chi connectivity index (χ2v) is 5.18. The Bertz CT molecular complexity index is 743. The summed E-state index contributed by atoms with van der Waals surface area (Å²) in [6, 6.07) is 12.5. The number of nitrogens with zero attached hydrogens (tertiary/aromatic N) is 1. The first-order valence-corrected chi connectivity index (χ1v) is 6.37. The molecular weight excluding hydrogens is 228 g/mol. The number of aromatic nitrogens is 1. The van der Waals surface area contributed by atoms with Crippen LogP contribution in [0.15, 0.2) is 36.4 Å². The quantitative estimate of drug-likeness (QED) is 0.476. The highest BCUT2D eigenvalue weighted by Crippen LogP contribution is 2.41. The maximum atomic E-state index is 6.07. The maximum absolute atomic E-state index is 6.07. The largest absolute Gasteiger partial charge is 0.398 e. The number of anilines is 1. The first kappa shape index (κ1) is 9.19. The molecule has 0 atom stereocenters. The van der Waals surface area contributed by atoms with Gasteiger partial charge in [0.05, 0.1) is 10.4 Å². The van der Waals surface area contributed by atoms with E-state index >= 15 is 0 Å². The van der Waals surface area contributed by atoms with Gasteiger partial charge in [-0.2, -0.15) is 4.37 Å². The zero-order valence-electron chi connectivity index (χ0n) is 9.10. The van der Waals surface area contributed by atoms with E-state index in [-0.39, 0.29) is 0 Å². The van der Waals surface area contributed by atoms with Gasteiger partial charge >= 0.3 is 0 Å². The number of nitrogens with two attached hydrogens (primary N) is 1. The van der Waals surface area contributed by atoms with Crippen LogP contribution in [0.4, 0.5) is 5.69 Å². The fraction of sp³-hybridized carbons (Fsp3) is 0.0714. The van der Waals surface area contributed by atoms with Gasteiger partial charge in [0.1, 0.15) is 0 Å². The van der Waals surface area contributed by atoms with E-state index in [4.69, 9.17) is 5.73 Å². The predicted molar refractivity (Wildman–Crippen MR) is 72.3 cm³/mol. The zero-order chi connectivity index (χ0) is 11.4. The van der Waals surface area contributed by atoms with Crippen LogP contribution in [0.2, 0.25) is 0 Å². The van der Waals surface area contributed by atoms with Crippen molar-refractivity contribution < 1.29 is 0 Å². The molecule has 3 heteroatoms. The Balaban J connectivity index is 2.19. The fourth-order valence-corrected chi connectivity index (χ4v) is 3.45. The first-order valence-electron chi connectivity index (χ1n) is 5.59. The summed E-state index contributed by atoms with van der Waals surface area (Å²) < 4.78 is 5.86. The highest BCUT2D eigenvalue weighted by Gasteiger charge is 2.21. The summed E-state index contributed by atoms with van der Waals surface area (Å²) >= 11 is 1.57. The van der Waals surface area contributed by atoms with Gasteiger partial charge in [-0.1, -0.05) is 24.3 Å². The van der Waals surface area contributed by atoms with Gasteiger partial charge in [0, 0.05) is 23.1 Å². The molecule has 0 saturated heterocycles. The second kappa shape index (κ2) is 3.08. The predicted octanol–water partition coefficient (Wildman–Crippen LogP) is 3.45. The van der Waals surface area contributed by atoms with Crippen LogP contribution in [0.3, 0.4) is 0 Å². The fourth-order valence-electron chi connectivity index (χ4n) is 2.61. The molecule has 4 rings (SSSR count). The van der Waals surface area contributed by atoms with Gasteiger partial charge in [0.2, 0.25) is 0 Å². The van der Waals surface area contributed by atoms with Crippen molar-refractivity contribution >= 4 is 27.3 Å². The molecule has 0 unspecified atom stereocenters. The van der Waals surface area contributed by atoms with Crippen molar-refractivity contribution in [2.24, 2.45) is 0 Å². The summed E-state index contributed by atoms with van der Waals surface area (Å²) in [6.07, 6.45) is 0.921. The van der Waals surface area contributed by atoms with E-state index in [0.29, 0.717) is 0 Å². The van der Waals surface area contributed by atoms with Gasteiger partial charge in [0.25, 0.3) is 0 Å². The summed E-state index contributed by atoms with van der Waals surface area (Å²) in [5.74, 6) is 0. The third-order valence-electron chi connectivity index (χ3n) is 3.42. The lowest BCUT2D eigenvalue weighted by Crippen LogP contribution is -2.03. The van der Waals surface area contributed by atoms with Crippen molar-refractivity contribution in [1.82, 2.24) is 4.37 Å². The summed E-state index contributed by atoms with van der Waals surface area (Å²) in [4.78, 5) is 0. The molecule has 82 valence electrons. The number of rotatable bonds is 0. The third-order valence-corrected chi connectivity index (χ3v) is 4.23. The lowest BCUT2D eigenvalue weighted by Gasteiger charge is -2.17. The Morgan fingerprint density at radius 2 is 2.00 bits per heavy atom. The van der Waals surface area contributed by atoms with Crippen LogP contribution in [-0.2, 0) is 6.42 Å². The van der Waals surface area contributed by atoms with Crippen LogP contribution in [-0.4, -0.2) is 4.37 Å². The van der Waals surface area contributed by atoms with E-state index in [1.807, 2.05) is 12.1 Å². The summed E-state index contributed by atoms with van der Waals surface area (Å²) in [5, 5.41) is 1.32. The molecule has 1 heterocycles. The number of fused-ring (bicyclic) bond motifs is 2. The van der Waals surface area contributed by atoms with Gasteiger partial charge in [-0.25, -0.2) is 0 Å². The van der Waals surface area contributed by atoms with E-state index in [0.717, 1.165) is 17.8 Å². The van der Waals surface area contributed by atoms with Crippen molar-refractivity contribution in [3.63, 3.8) is 0 Å². The van der Waals surface area contributed by atoms with Gasteiger partial charge < -0.3 is 5.73 Å². The van der Waals surface area contributed by atoms with Crippen LogP contribution in [0, 0.1) is 0 Å². The van der Waals surface area contributed by atoms with E-state index in [1.165, 1.54) is 26.8 Å². The molecule has 1 aliphatic rings. The Hall–Kier alpha value is -1.87. The minimum Gasteiger partial charge on any atom is -0.398 e. The van der Waals surface area contributed by atoms with Crippen molar-refractivity contribution in [3.05, 3.63) is 47.5 Å². The molecule has 0 radical (unpaired) electrons. The highest BCUT2D eigenvalue weighted by atomic mass is 32.1. The van der Waals surface area contributed by atoms with E-state index < -0.39 is 0 Å². The Morgan fingerprint density at radius 3 is 2.94 bits per heavy atom. The van der Waals surface area contributed by atoms with E-state index in [2.05, 4.69) is 28.6 Å².